The van der Waals surface area contributed by atoms with Gasteiger partial charge in [0.2, 0.25) is 0 Å². The van der Waals surface area contributed by atoms with Crippen molar-refractivity contribution in [2.24, 2.45) is 5.92 Å². The summed E-state index contributed by atoms with van der Waals surface area (Å²) in [5.74, 6) is 0.590. The monoisotopic (exact) mass is 381 g/mol. The van der Waals surface area contributed by atoms with Gasteiger partial charge >= 0.3 is 6.03 Å². The number of nitrogens with one attached hydrogen (secondary N) is 1. The number of amides is 2. The van der Waals surface area contributed by atoms with Gasteiger partial charge in [-0.05, 0) is 37.3 Å². The molecule has 148 valence electrons. The molecule has 2 aliphatic heterocycles. The molecule has 28 heavy (non-hydrogen) atoms. The molecule has 5 rings (SSSR count). The summed E-state index contributed by atoms with van der Waals surface area (Å²) < 4.78 is 3.96. The van der Waals surface area contributed by atoms with Crippen LogP contribution in [0.1, 0.15) is 55.5 Å². The summed E-state index contributed by atoms with van der Waals surface area (Å²) in [6.45, 7) is 2.55. The number of aromatic nitrogens is 3. The second-order valence-electron chi connectivity index (χ2n) is 8.49. The topological polar surface area (TPSA) is 72.2 Å². The summed E-state index contributed by atoms with van der Waals surface area (Å²) in [5, 5.41) is 7.69. The van der Waals surface area contributed by atoms with Gasteiger partial charge < -0.3 is 14.8 Å². The third kappa shape index (κ3) is 3.23. The Morgan fingerprint density at radius 3 is 2.86 bits per heavy atom. The van der Waals surface area contributed by atoms with Gasteiger partial charge in [-0.25, -0.2) is 4.79 Å². The average Bonchev–Trinajstić information content (AvgIpc) is 3.38. The maximum absolute atomic E-state index is 12.8. The zero-order valence-corrected chi connectivity index (χ0v) is 16.1. The molecule has 2 aromatic rings. The van der Waals surface area contributed by atoms with Gasteiger partial charge in [-0.2, -0.15) is 5.10 Å². The van der Waals surface area contributed by atoms with Gasteiger partial charge in [0.25, 0.3) is 5.56 Å². The van der Waals surface area contributed by atoms with Crippen LogP contribution < -0.4 is 10.9 Å². The van der Waals surface area contributed by atoms with E-state index in [0.29, 0.717) is 38.1 Å². The van der Waals surface area contributed by atoms with E-state index in [9.17, 15) is 9.59 Å². The van der Waals surface area contributed by atoms with Crippen molar-refractivity contribution in [2.75, 3.05) is 13.1 Å². The molecule has 2 fully saturated rings. The van der Waals surface area contributed by atoms with Crippen LogP contribution in [0.4, 0.5) is 4.79 Å². The SMILES string of the molecule is O=C(NCc1ccn(C2CCCC2)n1)N1C[C@@H]2C[C@H](C1)c1cccc(=O)n1C2. The highest BCUT2D eigenvalue weighted by molar-refractivity contribution is 5.74. The van der Waals surface area contributed by atoms with Crippen molar-refractivity contribution in [3.63, 3.8) is 0 Å². The van der Waals surface area contributed by atoms with Crippen LogP contribution in [0.5, 0.6) is 0 Å². The fraction of sp³-hybridized carbons (Fsp3) is 0.571. The number of hydrogen-bond acceptors (Lipinski definition) is 3. The Labute approximate surface area is 164 Å². The Kier molecular flexibility index (Phi) is 4.45. The standard InChI is InChI=1S/C21H27N5O2/c27-20-7-3-6-19-16-10-15(13-25(19)20)12-24(14-16)21(28)22-11-17-8-9-26(23-17)18-4-1-2-5-18/h3,6-9,15-16,18H,1-2,4-5,10-14H2,(H,22,28)/t15-,16+/m0/s1. The maximum atomic E-state index is 12.8. The molecule has 1 saturated carbocycles. The Morgan fingerprint density at radius 2 is 2.00 bits per heavy atom. The summed E-state index contributed by atoms with van der Waals surface area (Å²) in [6, 6.07) is 7.98. The molecular weight excluding hydrogens is 354 g/mol. The Bertz CT molecular complexity index is 927. The largest absolute Gasteiger partial charge is 0.332 e. The second-order valence-corrected chi connectivity index (χ2v) is 8.49. The summed E-state index contributed by atoms with van der Waals surface area (Å²) in [5.41, 5.74) is 2.05. The number of fused-ring (bicyclic) bond motifs is 4. The van der Waals surface area contributed by atoms with E-state index in [1.165, 1.54) is 25.7 Å². The lowest BCUT2D eigenvalue weighted by atomic mass is 9.83. The van der Waals surface area contributed by atoms with Crippen molar-refractivity contribution in [2.45, 2.75) is 57.2 Å². The summed E-state index contributed by atoms with van der Waals surface area (Å²) in [4.78, 5) is 26.8. The Morgan fingerprint density at radius 1 is 1.14 bits per heavy atom. The minimum absolute atomic E-state index is 0.0307. The summed E-state index contributed by atoms with van der Waals surface area (Å²) in [6.07, 6.45) is 8.06. The predicted molar refractivity (Wildman–Crippen MR) is 105 cm³/mol. The van der Waals surface area contributed by atoms with Crippen LogP contribution in [0.2, 0.25) is 0 Å². The van der Waals surface area contributed by atoms with E-state index in [-0.39, 0.29) is 17.5 Å². The summed E-state index contributed by atoms with van der Waals surface area (Å²) in [7, 11) is 0. The third-order valence-electron chi connectivity index (χ3n) is 6.55. The van der Waals surface area contributed by atoms with Crippen molar-refractivity contribution in [3.05, 3.63) is 52.2 Å². The molecule has 0 spiro atoms. The van der Waals surface area contributed by atoms with Crippen LogP contribution >= 0.6 is 0 Å². The molecule has 0 unspecified atom stereocenters. The van der Waals surface area contributed by atoms with E-state index in [1.807, 2.05) is 33.9 Å². The number of hydrogen-bond donors (Lipinski definition) is 1. The molecule has 7 nitrogen and oxygen atoms in total. The predicted octanol–water partition coefficient (Wildman–Crippen LogP) is 2.49. The second kappa shape index (κ2) is 7.11. The van der Waals surface area contributed by atoms with E-state index in [1.54, 1.807) is 6.07 Å². The van der Waals surface area contributed by atoms with Crippen LogP contribution in [0.25, 0.3) is 0 Å². The molecule has 1 N–H and O–H groups in total. The van der Waals surface area contributed by atoms with Gasteiger partial charge in [-0.3, -0.25) is 9.48 Å². The van der Waals surface area contributed by atoms with E-state index < -0.39 is 0 Å². The lowest BCUT2D eigenvalue weighted by Gasteiger charge is -2.42. The average molecular weight is 381 g/mol. The van der Waals surface area contributed by atoms with Crippen LogP contribution in [0.15, 0.2) is 35.3 Å². The van der Waals surface area contributed by atoms with E-state index in [4.69, 9.17) is 0 Å². The molecule has 1 saturated heterocycles. The number of carbonyl (C=O) groups excluding carboxylic acids is 1. The number of carbonyl (C=O) groups is 1. The molecule has 0 radical (unpaired) electrons. The van der Waals surface area contributed by atoms with E-state index in [2.05, 4.69) is 15.1 Å². The van der Waals surface area contributed by atoms with Crippen LogP contribution in [0.3, 0.4) is 0 Å². The molecule has 2 amide bonds. The molecule has 2 bridgehead atoms. The lowest BCUT2D eigenvalue weighted by molar-refractivity contribution is 0.131. The normalized spacial score (nSPS) is 24.2. The molecule has 1 aliphatic carbocycles. The van der Waals surface area contributed by atoms with Gasteiger partial charge in [0, 0.05) is 43.5 Å². The van der Waals surface area contributed by atoms with Crippen molar-refractivity contribution < 1.29 is 4.79 Å². The first-order chi connectivity index (χ1) is 13.7. The highest BCUT2D eigenvalue weighted by Crippen LogP contribution is 2.35. The minimum atomic E-state index is -0.0307. The van der Waals surface area contributed by atoms with Crippen molar-refractivity contribution >= 4 is 6.03 Å². The number of rotatable bonds is 3. The van der Waals surface area contributed by atoms with Crippen molar-refractivity contribution in [1.29, 1.82) is 0 Å². The highest BCUT2D eigenvalue weighted by atomic mass is 16.2. The van der Waals surface area contributed by atoms with Crippen LogP contribution in [-0.4, -0.2) is 38.4 Å². The highest BCUT2D eigenvalue weighted by Gasteiger charge is 2.36. The van der Waals surface area contributed by atoms with Gasteiger partial charge in [0.1, 0.15) is 0 Å². The lowest BCUT2D eigenvalue weighted by Crippen LogP contribution is -2.51. The number of pyridine rings is 1. The zero-order chi connectivity index (χ0) is 19.1. The Hall–Kier alpha value is -2.57. The maximum Gasteiger partial charge on any atom is 0.317 e. The fourth-order valence-electron chi connectivity index (χ4n) is 5.18. The first-order valence-electron chi connectivity index (χ1n) is 10.4. The molecule has 0 aromatic carbocycles. The molecule has 7 heteroatoms. The fourth-order valence-corrected chi connectivity index (χ4v) is 5.18. The van der Waals surface area contributed by atoms with Crippen molar-refractivity contribution in [3.8, 4) is 0 Å². The zero-order valence-electron chi connectivity index (χ0n) is 16.1. The van der Waals surface area contributed by atoms with E-state index in [0.717, 1.165) is 17.8 Å². The molecular formula is C21H27N5O2. The first kappa shape index (κ1) is 17.5. The van der Waals surface area contributed by atoms with Crippen LogP contribution in [-0.2, 0) is 13.1 Å². The molecule has 2 aromatic heterocycles. The number of piperidine rings is 1. The van der Waals surface area contributed by atoms with Crippen molar-refractivity contribution in [1.82, 2.24) is 24.6 Å². The summed E-state index contributed by atoms with van der Waals surface area (Å²) >= 11 is 0. The molecule has 3 aliphatic rings. The number of likely N-dealkylation sites (tertiary alicyclic amines) is 1. The van der Waals surface area contributed by atoms with Gasteiger partial charge in [-0.15, -0.1) is 0 Å². The first-order valence-corrected chi connectivity index (χ1v) is 10.4. The smallest absolute Gasteiger partial charge is 0.317 e. The number of urea groups is 1. The minimum Gasteiger partial charge on any atom is -0.332 e. The quantitative estimate of drug-likeness (QED) is 0.888. The molecule has 2 atom stereocenters. The van der Waals surface area contributed by atoms with Gasteiger partial charge in [-0.1, -0.05) is 18.9 Å². The van der Waals surface area contributed by atoms with Crippen LogP contribution in [0, 0.1) is 5.92 Å². The van der Waals surface area contributed by atoms with Gasteiger partial charge in [0.05, 0.1) is 18.3 Å². The molecule has 4 heterocycles. The van der Waals surface area contributed by atoms with Gasteiger partial charge in [0.15, 0.2) is 0 Å². The Balaban J connectivity index is 1.22. The third-order valence-corrected chi connectivity index (χ3v) is 6.55. The number of nitrogens with zero attached hydrogens (tertiary/aromatic N) is 4. The van der Waals surface area contributed by atoms with E-state index >= 15 is 0 Å².